The first-order valence-corrected chi connectivity index (χ1v) is 5.92. The largest absolute Gasteiger partial charge is 0.457 e. The van der Waals surface area contributed by atoms with Crippen LogP contribution in [0.25, 0.3) is 0 Å². The number of halogens is 1. The van der Waals surface area contributed by atoms with Gasteiger partial charge in [0.2, 0.25) is 0 Å². The molecule has 2 N–H and O–H groups in total. The molecule has 0 atom stereocenters. The van der Waals surface area contributed by atoms with Crippen LogP contribution in [0.1, 0.15) is 11.1 Å². The summed E-state index contributed by atoms with van der Waals surface area (Å²) in [5.74, 6) is 0.947. The summed E-state index contributed by atoms with van der Waals surface area (Å²) in [5, 5.41) is 0. The number of hydrogen-bond donors (Lipinski definition) is 1. The molecule has 0 aliphatic carbocycles. The average Bonchev–Trinajstić information content (AvgIpc) is 2.35. The minimum absolute atomic E-state index is 0.297. The van der Waals surface area contributed by atoms with Gasteiger partial charge in [-0.15, -0.1) is 0 Å². The van der Waals surface area contributed by atoms with E-state index in [0.29, 0.717) is 18.0 Å². The molecular weight excluding hydrogens is 229 g/mol. The van der Waals surface area contributed by atoms with Crippen LogP contribution in [0.15, 0.2) is 42.5 Å². The van der Waals surface area contributed by atoms with Gasteiger partial charge in [-0.05, 0) is 49.2 Å². The summed E-state index contributed by atoms with van der Waals surface area (Å²) in [7, 11) is 0. The van der Waals surface area contributed by atoms with Crippen molar-refractivity contribution in [3.8, 4) is 11.5 Å². The lowest BCUT2D eigenvalue weighted by atomic mass is 10.1. The van der Waals surface area contributed by atoms with Gasteiger partial charge in [-0.1, -0.05) is 18.2 Å². The average molecular weight is 245 g/mol. The minimum atomic E-state index is -0.297. The minimum Gasteiger partial charge on any atom is -0.457 e. The van der Waals surface area contributed by atoms with Crippen molar-refractivity contribution in [2.75, 3.05) is 6.54 Å². The Morgan fingerprint density at radius 3 is 2.78 bits per heavy atom. The molecule has 0 saturated carbocycles. The van der Waals surface area contributed by atoms with Crippen molar-refractivity contribution in [2.24, 2.45) is 5.73 Å². The van der Waals surface area contributed by atoms with Crippen LogP contribution in [0, 0.1) is 12.7 Å². The summed E-state index contributed by atoms with van der Waals surface area (Å²) >= 11 is 0. The number of ether oxygens (including phenoxy) is 1. The standard InChI is InChI=1S/C15H16FNO/c1-11-5-6-13(16)10-15(11)18-14-4-2-3-12(9-14)7-8-17/h2-6,9-10H,7-8,17H2,1H3. The Labute approximate surface area is 106 Å². The predicted octanol–water partition coefficient (Wildman–Crippen LogP) is 3.43. The van der Waals surface area contributed by atoms with Gasteiger partial charge >= 0.3 is 0 Å². The second-order valence-electron chi connectivity index (χ2n) is 4.20. The Bertz CT molecular complexity index is 540. The molecule has 94 valence electrons. The van der Waals surface area contributed by atoms with Crippen LogP contribution >= 0.6 is 0 Å². The number of nitrogens with two attached hydrogens (primary N) is 1. The van der Waals surface area contributed by atoms with Gasteiger partial charge in [0, 0.05) is 6.07 Å². The SMILES string of the molecule is Cc1ccc(F)cc1Oc1cccc(CCN)c1. The lowest BCUT2D eigenvalue weighted by Crippen LogP contribution is -2.02. The third-order valence-corrected chi connectivity index (χ3v) is 2.71. The fourth-order valence-electron chi connectivity index (χ4n) is 1.74. The van der Waals surface area contributed by atoms with Gasteiger partial charge in [0.05, 0.1) is 0 Å². The van der Waals surface area contributed by atoms with Crippen LogP contribution in [0.3, 0.4) is 0 Å². The summed E-state index contributed by atoms with van der Waals surface area (Å²) in [5.41, 5.74) is 7.53. The van der Waals surface area contributed by atoms with E-state index in [1.807, 2.05) is 31.2 Å². The van der Waals surface area contributed by atoms with Crippen molar-refractivity contribution in [1.82, 2.24) is 0 Å². The van der Waals surface area contributed by atoms with Gasteiger partial charge in [0.15, 0.2) is 0 Å². The predicted molar refractivity (Wildman–Crippen MR) is 70.4 cm³/mol. The number of hydrogen-bond acceptors (Lipinski definition) is 2. The maximum absolute atomic E-state index is 13.2. The topological polar surface area (TPSA) is 35.2 Å². The fraction of sp³-hybridized carbons (Fsp3) is 0.200. The molecule has 2 aromatic carbocycles. The van der Waals surface area contributed by atoms with Gasteiger partial charge < -0.3 is 10.5 Å². The van der Waals surface area contributed by atoms with Crippen LogP contribution in [0.5, 0.6) is 11.5 Å². The third-order valence-electron chi connectivity index (χ3n) is 2.71. The molecule has 2 nitrogen and oxygen atoms in total. The molecule has 0 fully saturated rings. The first-order valence-electron chi connectivity index (χ1n) is 5.92. The zero-order chi connectivity index (χ0) is 13.0. The van der Waals surface area contributed by atoms with Crippen molar-refractivity contribution in [2.45, 2.75) is 13.3 Å². The van der Waals surface area contributed by atoms with E-state index in [4.69, 9.17) is 10.5 Å². The first-order chi connectivity index (χ1) is 8.69. The van der Waals surface area contributed by atoms with Crippen molar-refractivity contribution < 1.29 is 9.13 Å². The molecule has 0 amide bonds. The van der Waals surface area contributed by atoms with Gasteiger partial charge in [0.1, 0.15) is 17.3 Å². The van der Waals surface area contributed by atoms with Gasteiger partial charge in [-0.25, -0.2) is 4.39 Å². The van der Waals surface area contributed by atoms with E-state index in [1.54, 1.807) is 6.07 Å². The molecule has 0 bridgehead atoms. The Morgan fingerprint density at radius 1 is 1.17 bits per heavy atom. The van der Waals surface area contributed by atoms with E-state index in [9.17, 15) is 4.39 Å². The summed E-state index contributed by atoms with van der Waals surface area (Å²) in [4.78, 5) is 0. The van der Waals surface area contributed by atoms with Crippen molar-refractivity contribution >= 4 is 0 Å². The van der Waals surface area contributed by atoms with Crippen LogP contribution < -0.4 is 10.5 Å². The normalized spacial score (nSPS) is 10.4. The van der Waals surface area contributed by atoms with Crippen molar-refractivity contribution in [3.63, 3.8) is 0 Å². The zero-order valence-electron chi connectivity index (χ0n) is 10.3. The fourth-order valence-corrected chi connectivity index (χ4v) is 1.74. The molecule has 0 radical (unpaired) electrons. The molecule has 0 unspecified atom stereocenters. The summed E-state index contributed by atoms with van der Waals surface area (Å²) < 4.78 is 18.8. The lowest BCUT2D eigenvalue weighted by molar-refractivity contribution is 0.472. The van der Waals surface area contributed by atoms with E-state index in [1.165, 1.54) is 12.1 Å². The second-order valence-corrected chi connectivity index (χ2v) is 4.20. The molecule has 0 aromatic heterocycles. The lowest BCUT2D eigenvalue weighted by Gasteiger charge is -2.09. The molecule has 0 saturated heterocycles. The Kier molecular flexibility index (Phi) is 3.95. The maximum atomic E-state index is 13.2. The summed E-state index contributed by atoms with van der Waals surface area (Å²) in [6.07, 6.45) is 0.805. The Hall–Kier alpha value is -1.87. The monoisotopic (exact) mass is 245 g/mol. The first kappa shape index (κ1) is 12.6. The van der Waals surface area contributed by atoms with Crippen molar-refractivity contribution in [1.29, 1.82) is 0 Å². The Morgan fingerprint density at radius 2 is 2.00 bits per heavy atom. The number of rotatable bonds is 4. The number of benzene rings is 2. The highest BCUT2D eigenvalue weighted by Gasteiger charge is 2.04. The highest BCUT2D eigenvalue weighted by atomic mass is 19.1. The highest BCUT2D eigenvalue weighted by molar-refractivity contribution is 5.38. The smallest absolute Gasteiger partial charge is 0.133 e. The third kappa shape index (κ3) is 3.08. The van der Waals surface area contributed by atoms with Crippen molar-refractivity contribution in [3.05, 3.63) is 59.4 Å². The Balaban J connectivity index is 2.22. The quantitative estimate of drug-likeness (QED) is 0.895. The van der Waals surface area contributed by atoms with E-state index < -0.39 is 0 Å². The van der Waals surface area contributed by atoms with E-state index in [-0.39, 0.29) is 5.82 Å². The van der Waals surface area contributed by atoms with E-state index >= 15 is 0 Å². The van der Waals surface area contributed by atoms with Crippen LogP contribution in [0.4, 0.5) is 4.39 Å². The summed E-state index contributed by atoms with van der Waals surface area (Å²) in [6.45, 7) is 2.49. The van der Waals surface area contributed by atoms with Crippen LogP contribution in [-0.2, 0) is 6.42 Å². The molecule has 0 aliphatic heterocycles. The molecule has 0 heterocycles. The van der Waals surface area contributed by atoms with Crippen LogP contribution in [-0.4, -0.2) is 6.54 Å². The molecular formula is C15H16FNO. The van der Waals surface area contributed by atoms with E-state index in [2.05, 4.69) is 0 Å². The molecule has 18 heavy (non-hydrogen) atoms. The maximum Gasteiger partial charge on any atom is 0.133 e. The highest BCUT2D eigenvalue weighted by Crippen LogP contribution is 2.26. The van der Waals surface area contributed by atoms with Gasteiger partial charge in [0.25, 0.3) is 0 Å². The molecule has 2 rings (SSSR count). The zero-order valence-corrected chi connectivity index (χ0v) is 10.3. The second kappa shape index (κ2) is 5.65. The molecule has 0 spiro atoms. The summed E-state index contributed by atoms with van der Waals surface area (Å²) in [6, 6.07) is 12.2. The number of aryl methyl sites for hydroxylation is 1. The van der Waals surface area contributed by atoms with Gasteiger partial charge in [-0.3, -0.25) is 0 Å². The molecule has 0 aliphatic rings. The van der Waals surface area contributed by atoms with Gasteiger partial charge in [-0.2, -0.15) is 0 Å². The van der Waals surface area contributed by atoms with Crippen LogP contribution in [0.2, 0.25) is 0 Å². The molecule has 3 heteroatoms. The molecule has 2 aromatic rings. The van der Waals surface area contributed by atoms with E-state index in [0.717, 1.165) is 17.5 Å².